The minimum absolute atomic E-state index is 0.0379. The molecule has 24 heavy (non-hydrogen) atoms. The van der Waals surface area contributed by atoms with Gasteiger partial charge in [0.1, 0.15) is 5.15 Å². The number of fused-ring (bicyclic) bond motifs is 2. The summed E-state index contributed by atoms with van der Waals surface area (Å²) in [4.78, 5) is 29.7. The van der Waals surface area contributed by atoms with Crippen molar-refractivity contribution in [2.45, 2.75) is 50.5 Å². The van der Waals surface area contributed by atoms with Gasteiger partial charge in [0.15, 0.2) is 6.61 Å². The number of halogens is 1. The van der Waals surface area contributed by atoms with Crippen molar-refractivity contribution in [2.24, 2.45) is 17.8 Å². The molecule has 0 saturated heterocycles. The van der Waals surface area contributed by atoms with Crippen molar-refractivity contribution in [1.82, 2.24) is 15.3 Å². The largest absolute Gasteiger partial charge is 0.467 e. The Morgan fingerprint density at radius 2 is 2.04 bits per heavy atom. The van der Waals surface area contributed by atoms with Gasteiger partial charge in [0.25, 0.3) is 5.91 Å². The number of hydrogen-bond donors (Lipinski definition) is 2. The van der Waals surface area contributed by atoms with Gasteiger partial charge in [-0.15, -0.1) is 0 Å². The van der Waals surface area contributed by atoms with Gasteiger partial charge in [0.05, 0.1) is 0 Å². The third-order valence-electron chi connectivity index (χ3n) is 6.03. The van der Waals surface area contributed by atoms with Crippen molar-refractivity contribution in [3.05, 3.63) is 21.7 Å². The molecule has 0 radical (unpaired) electrons. The highest BCUT2D eigenvalue weighted by atomic mass is 35.5. The summed E-state index contributed by atoms with van der Waals surface area (Å²) in [5, 5.41) is 3.43. The zero-order valence-electron chi connectivity index (χ0n) is 13.5. The Labute approximate surface area is 145 Å². The van der Waals surface area contributed by atoms with Crippen LogP contribution >= 0.6 is 11.6 Å². The molecule has 0 aliphatic heterocycles. The molecule has 3 aliphatic carbocycles. The molecule has 0 aromatic carbocycles. The molecule has 2 atom stereocenters. The van der Waals surface area contributed by atoms with Gasteiger partial charge < -0.3 is 10.1 Å². The highest BCUT2D eigenvalue weighted by Gasteiger charge is 2.52. The van der Waals surface area contributed by atoms with Gasteiger partial charge in [-0.05, 0) is 62.7 Å². The average molecular weight is 352 g/mol. The maximum absolute atomic E-state index is 12.4. The van der Waals surface area contributed by atoms with E-state index in [2.05, 4.69) is 15.3 Å². The van der Waals surface area contributed by atoms with Crippen LogP contribution in [0.15, 0.2) is 10.9 Å². The number of ether oxygens (including phenoxy) is 1. The van der Waals surface area contributed by atoms with Crippen LogP contribution in [0, 0.1) is 17.8 Å². The summed E-state index contributed by atoms with van der Waals surface area (Å²) in [6, 6.07) is 1.40. The van der Waals surface area contributed by atoms with Gasteiger partial charge in [-0.25, -0.2) is 4.79 Å². The van der Waals surface area contributed by atoms with Crippen LogP contribution in [0.3, 0.4) is 0 Å². The van der Waals surface area contributed by atoms with Gasteiger partial charge in [0.2, 0.25) is 5.88 Å². The molecule has 130 valence electrons. The highest BCUT2D eigenvalue weighted by Crippen LogP contribution is 2.54. The van der Waals surface area contributed by atoms with Crippen molar-refractivity contribution in [3.63, 3.8) is 0 Å². The van der Waals surface area contributed by atoms with Crippen LogP contribution in [-0.4, -0.2) is 28.0 Å². The quantitative estimate of drug-likeness (QED) is 0.815. The fourth-order valence-corrected chi connectivity index (χ4v) is 5.41. The number of carbonyl (C=O) groups is 1. The molecule has 3 fully saturated rings. The van der Waals surface area contributed by atoms with E-state index in [0.29, 0.717) is 5.92 Å². The topological polar surface area (TPSA) is 84.1 Å². The van der Waals surface area contributed by atoms with E-state index in [4.69, 9.17) is 16.3 Å². The van der Waals surface area contributed by atoms with E-state index in [1.807, 2.05) is 0 Å². The third-order valence-corrected chi connectivity index (χ3v) is 6.23. The van der Waals surface area contributed by atoms with E-state index < -0.39 is 5.69 Å². The van der Waals surface area contributed by atoms with E-state index in [1.54, 1.807) is 0 Å². The number of aromatic amines is 1. The van der Waals surface area contributed by atoms with E-state index in [0.717, 1.165) is 24.7 Å². The molecule has 2 unspecified atom stereocenters. The Bertz CT molecular complexity index is 689. The molecule has 1 aromatic heterocycles. The Hall–Kier alpha value is -1.56. The molecule has 3 saturated carbocycles. The zero-order chi connectivity index (χ0) is 16.7. The first-order valence-corrected chi connectivity index (χ1v) is 9.11. The first-order valence-electron chi connectivity index (χ1n) is 8.73. The normalized spacial score (nSPS) is 34.0. The molecule has 6 nitrogen and oxygen atoms in total. The van der Waals surface area contributed by atoms with Gasteiger partial charge in [-0.3, -0.25) is 9.78 Å². The lowest BCUT2D eigenvalue weighted by atomic mass is 9.53. The number of aromatic nitrogens is 2. The SMILES string of the molecule is O=C(COc1cc(Cl)[nH]c(=O)n1)NC12CC3CCC1CCC(C3)C2. The summed E-state index contributed by atoms with van der Waals surface area (Å²) >= 11 is 5.76. The van der Waals surface area contributed by atoms with Crippen LogP contribution in [0.25, 0.3) is 0 Å². The van der Waals surface area contributed by atoms with Crippen LogP contribution in [0.4, 0.5) is 0 Å². The molecule has 3 aliphatic rings. The van der Waals surface area contributed by atoms with Gasteiger partial charge in [-0.1, -0.05) is 11.6 Å². The van der Waals surface area contributed by atoms with E-state index in [1.165, 1.54) is 38.2 Å². The van der Waals surface area contributed by atoms with E-state index in [-0.39, 0.29) is 29.1 Å². The second kappa shape index (κ2) is 6.06. The second-order valence-electron chi connectivity index (χ2n) is 7.59. The Balaban J connectivity index is 1.41. The lowest BCUT2D eigenvalue weighted by Crippen LogP contribution is -2.62. The Morgan fingerprint density at radius 1 is 1.33 bits per heavy atom. The Kier molecular flexibility index (Phi) is 4.03. The summed E-state index contributed by atoms with van der Waals surface area (Å²) in [7, 11) is 0. The van der Waals surface area contributed by atoms with Crippen LogP contribution in [0.1, 0.15) is 44.9 Å². The molecule has 4 rings (SSSR count). The number of carbonyl (C=O) groups excluding carboxylic acids is 1. The smallest absolute Gasteiger partial charge is 0.349 e. The lowest BCUT2D eigenvalue weighted by Gasteiger charge is -2.57. The number of H-pyrrole nitrogens is 1. The van der Waals surface area contributed by atoms with Crippen molar-refractivity contribution in [3.8, 4) is 5.88 Å². The first-order chi connectivity index (χ1) is 11.5. The first kappa shape index (κ1) is 15.9. The number of amides is 1. The lowest BCUT2D eigenvalue weighted by molar-refractivity contribution is -0.129. The number of hydrogen-bond acceptors (Lipinski definition) is 4. The fraction of sp³-hybridized carbons (Fsp3) is 0.706. The summed E-state index contributed by atoms with van der Waals surface area (Å²) in [6.07, 6.45) is 8.61. The van der Waals surface area contributed by atoms with Crippen molar-refractivity contribution in [2.75, 3.05) is 6.61 Å². The molecule has 7 heteroatoms. The minimum atomic E-state index is -0.587. The van der Waals surface area contributed by atoms with Gasteiger partial charge in [0, 0.05) is 11.6 Å². The molecule has 2 N–H and O–H groups in total. The summed E-state index contributed by atoms with van der Waals surface area (Å²) in [5.74, 6) is 2.05. The summed E-state index contributed by atoms with van der Waals surface area (Å²) in [6.45, 7) is -0.142. The van der Waals surface area contributed by atoms with Gasteiger partial charge in [-0.2, -0.15) is 4.98 Å². The standard InChI is InChI=1S/C17H22ClN3O3/c18-13-6-15(20-16(23)19-13)24-9-14(22)21-17-7-10-1-3-12(17)4-2-11(5-10)8-17/h6,10-12H,1-5,7-9H2,(H,21,22)(H,19,20,23). The van der Waals surface area contributed by atoms with Crippen molar-refractivity contribution >= 4 is 17.5 Å². The molecule has 3 bridgehead atoms. The van der Waals surface area contributed by atoms with E-state index >= 15 is 0 Å². The maximum Gasteiger partial charge on any atom is 0.349 e. The minimum Gasteiger partial charge on any atom is -0.467 e. The summed E-state index contributed by atoms with van der Waals surface area (Å²) < 4.78 is 5.36. The maximum atomic E-state index is 12.4. The Morgan fingerprint density at radius 3 is 2.71 bits per heavy atom. The molecule has 1 aromatic rings. The highest BCUT2D eigenvalue weighted by molar-refractivity contribution is 6.29. The van der Waals surface area contributed by atoms with Crippen molar-refractivity contribution in [1.29, 1.82) is 0 Å². The monoisotopic (exact) mass is 351 g/mol. The van der Waals surface area contributed by atoms with Crippen molar-refractivity contribution < 1.29 is 9.53 Å². The van der Waals surface area contributed by atoms with Crippen LogP contribution in [-0.2, 0) is 4.79 Å². The molecular formula is C17H22ClN3O3. The number of nitrogens with one attached hydrogen (secondary N) is 2. The molecular weight excluding hydrogens is 330 g/mol. The average Bonchev–Trinajstić information content (AvgIpc) is 2.49. The number of nitrogens with zero attached hydrogens (tertiary/aromatic N) is 1. The summed E-state index contributed by atoms with van der Waals surface area (Å²) in [5.41, 5.74) is -0.625. The predicted octanol–water partition coefficient (Wildman–Crippen LogP) is 2.28. The predicted molar refractivity (Wildman–Crippen MR) is 89.0 cm³/mol. The van der Waals surface area contributed by atoms with E-state index in [9.17, 15) is 9.59 Å². The number of rotatable bonds is 4. The van der Waals surface area contributed by atoms with Crippen LogP contribution < -0.4 is 15.7 Å². The van der Waals surface area contributed by atoms with Crippen LogP contribution in [0.2, 0.25) is 5.15 Å². The van der Waals surface area contributed by atoms with Crippen LogP contribution in [0.5, 0.6) is 5.88 Å². The second-order valence-corrected chi connectivity index (χ2v) is 8.00. The fourth-order valence-electron chi connectivity index (χ4n) is 5.23. The molecule has 0 spiro atoms. The zero-order valence-corrected chi connectivity index (χ0v) is 14.3. The third kappa shape index (κ3) is 3.04. The molecule has 1 amide bonds. The van der Waals surface area contributed by atoms with Gasteiger partial charge >= 0.3 is 5.69 Å². The molecule has 1 heterocycles.